The van der Waals surface area contributed by atoms with Crippen molar-refractivity contribution in [3.8, 4) is 5.75 Å². The summed E-state index contributed by atoms with van der Waals surface area (Å²) in [6.07, 6.45) is 0. The van der Waals surface area contributed by atoms with Crippen LogP contribution in [-0.2, 0) is 6.54 Å². The van der Waals surface area contributed by atoms with Crippen LogP contribution >= 0.6 is 0 Å². The number of rotatable bonds is 6. The molecule has 0 heterocycles. The predicted molar refractivity (Wildman–Crippen MR) is 105 cm³/mol. The van der Waals surface area contributed by atoms with Crippen LogP contribution in [0, 0.1) is 0 Å². The van der Waals surface area contributed by atoms with Gasteiger partial charge in [-0.15, -0.1) is 0 Å². The fourth-order valence-corrected chi connectivity index (χ4v) is 2.65. The van der Waals surface area contributed by atoms with Gasteiger partial charge in [0.15, 0.2) is 0 Å². The zero-order valence-electron chi connectivity index (χ0n) is 14.9. The molecule has 136 valence electrons. The van der Waals surface area contributed by atoms with Gasteiger partial charge >= 0.3 is 0 Å². The Morgan fingerprint density at radius 3 is 2.37 bits per heavy atom. The molecule has 0 aliphatic rings. The topological polar surface area (TPSA) is 67.4 Å². The second-order valence-corrected chi connectivity index (χ2v) is 5.90. The van der Waals surface area contributed by atoms with Gasteiger partial charge in [0, 0.05) is 17.8 Å². The zero-order chi connectivity index (χ0) is 19.1. The molecule has 0 aliphatic heterocycles. The molecule has 0 aliphatic carbocycles. The van der Waals surface area contributed by atoms with Crippen LogP contribution in [-0.4, -0.2) is 18.9 Å². The van der Waals surface area contributed by atoms with E-state index < -0.39 is 0 Å². The van der Waals surface area contributed by atoms with Crippen molar-refractivity contribution in [3.05, 3.63) is 95.6 Å². The molecule has 0 bridgehead atoms. The van der Waals surface area contributed by atoms with E-state index in [0.717, 1.165) is 5.56 Å². The Kier molecular flexibility index (Phi) is 5.84. The Morgan fingerprint density at radius 2 is 1.59 bits per heavy atom. The van der Waals surface area contributed by atoms with Gasteiger partial charge < -0.3 is 15.4 Å². The summed E-state index contributed by atoms with van der Waals surface area (Å²) >= 11 is 0. The zero-order valence-corrected chi connectivity index (χ0v) is 14.9. The van der Waals surface area contributed by atoms with Gasteiger partial charge in [-0.3, -0.25) is 9.59 Å². The summed E-state index contributed by atoms with van der Waals surface area (Å²) in [4.78, 5) is 24.9. The highest BCUT2D eigenvalue weighted by molar-refractivity contribution is 6.06. The normalized spacial score (nSPS) is 10.1. The largest absolute Gasteiger partial charge is 0.496 e. The van der Waals surface area contributed by atoms with Gasteiger partial charge in [-0.05, 0) is 35.9 Å². The Balaban J connectivity index is 1.68. The molecule has 3 aromatic rings. The molecule has 2 N–H and O–H groups in total. The minimum atomic E-state index is -0.297. The summed E-state index contributed by atoms with van der Waals surface area (Å²) in [6.45, 7) is 0.442. The average molecular weight is 360 g/mol. The number of hydrogen-bond donors (Lipinski definition) is 2. The Bertz CT molecular complexity index is 939. The maximum Gasteiger partial charge on any atom is 0.259 e. The second kappa shape index (κ2) is 8.67. The van der Waals surface area contributed by atoms with E-state index in [1.807, 2.05) is 30.3 Å². The molecule has 0 fully saturated rings. The molecule has 2 amide bonds. The lowest BCUT2D eigenvalue weighted by Crippen LogP contribution is -2.23. The van der Waals surface area contributed by atoms with Crippen molar-refractivity contribution in [2.24, 2.45) is 0 Å². The van der Waals surface area contributed by atoms with Crippen molar-refractivity contribution in [1.29, 1.82) is 0 Å². The minimum Gasteiger partial charge on any atom is -0.496 e. The Hall–Kier alpha value is -3.60. The third-order valence-electron chi connectivity index (χ3n) is 4.03. The molecule has 0 spiro atoms. The van der Waals surface area contributed by atoms with Gasteiger partial charge in [-0.1, -0.05) is 48.5 Å². The fraction of sp³-hybridized carbons (Fsp3) is 0.0909. The first-order valence-electron chi connectivity index (χ1n) is 8.54. The third-order valence-corrected chi connectivity index (χ3v) is 4.03. The number of anilines is 1. The molecular formula is C22H20N2O3. The summed E-state index contributed by atoms with van der Waals surface area (Å²) in [7, 11) is 1.52. The van der Waals surface area contributed by atoms with Gasteiger partial charge in [-0.25, -0.2) is 0 Å². The number of carbonyl (C=O) groups excluding carboxylic acids is 2. The smallest absolute Gasteiger partial charge is 0.259 e. The quantitative estimate of drug-likeness (QED) is 0.701. The van der Waals surface area contributed by atoms with Gasteiger partial charge in [0.1, 0.15) is 5.75 Å². The number of methoxy groups -OCH3 is 1. The van der Waals surface area contributed by atoms with Gasteiger partial charge in [0.25, 0.3) is 11.8 Å². The van der Waals surface area contributed by atoms with E-state index in [4.69, 9.17) is 4.74 Å². The number of hydrogen-bond acceptors (Lipinski definition) is 3. The van der Waals surface area contributed by atoms with Crippen molar-refractivity contribution in [2.75, 3.05) is 12.4 Å². The number of para-hydroxylation sites is 1. The van der Waals surface area contributed by atoms with Crippen LogP contribution in [0.3, 0.4) is 0 Å². The highest BCUT2D eigenvalue weighted by Gasteiger charge is 2.13. The molecule has 5 heteroatoms. The maximum atomic E-state index is 12.5. The van der Waals surface area contributed by atoms with Crippen LogP contribution in [0.1, 0.15) is 26.3 Å². The molecule has 0 aromatic heterocycles. The number of amides is 2. The highest BCUT2D eigenvalue weighted by atomic mass is 16.5. The standard InChI is InChI=1S/C22H20N2O3/c1-27-20-13-6-5-12-19(20)22(26)24-18-11-7-10-17(14-18)21(25)23-15-16-8-3-2-4-9-16/h2-14H,15H2,1H3,(H,23,25)(H,24,26). The van der Waals surface area contributed by atoms with Gasteiger partial charge in [-0.2, -0.15) is 0 Å². The van der Waals surface area contributed by atoms with E-state index in [-0.39, 0.29) is 11.8 Å². The van der Waals surface area contributed by atoms with Crippen LogP contribution in [0.25, 0.3) is 0 Å². The SMILES string of the molecule is COc1ccccc1C(=O)Nc1cccc(C(=O)NCc2ccccc2)c1. The molecule has 3 rings (SSSR count). The predicted octanol–water partition coefficient (Wildman–Crippen LogP) is 3.88. The van der Waals surface area contributed by atoms with Crippen molar-refractivity contribution in [3.63, 3.8) is 0 Å². The molecule has 27 heavy (non-hydrogen) atoms. The van der Waals surface area contributed by atoms with E-state index in [9.17, 15) is 9.59 Å². The summed E-state index contributed by atoms with van der Waals surface area (Å²) in [5.41, 5.74) is 2.47. The van der Waals surface area contributed by atoms with Crippen molar-refractivity contribution >= 4 is 17.5 Å². The summed E-state index contributed by atoms with van der Waals surface area (Å²) in [5, 5.41) is 5.68. The maximum absolute atomic E-state index is 12.5. The first kappa shape index (κ1) is 18.2. The first-order valence-corrected chi connectivity index (χ1v) is 8.54. The number of benzene rings is 3. The van der Waals surface area contributed by atoms with Gasteiger partial charge in [0.05, 0.1) is 12.7 Å². The van der Waals surface area contributed by atoms with Crippen molar-refractivity contribution < 1.29 is 14.3 Å². The van der Waals surface area contributed by atoms with Crippen LogP contribution in [0.15, 0.2) is 78.9 Å². The van der Waals surface area contributed by atoms with E-state index >= 15 is 0 Å². The van der Waals surface area contributed by atoms with Crippen LogP contribution in [0.5, 0.6) is 5.75 Å². The molecule has 0 unspecified atom stereocenters. The summed E-state index contributed by atoms with van der Waals surface area (Å²) < 4.78 is 5.22. The van der Waals surface area contributed by atoms with Crippen LogP contribution in [0.4, 0.5) is 5.69 Å². The fourth-order valence-electron chi connectivity index (χ4n) is 2.65. The van der Waals surface area contributed by atoms with Gasteiger partial charge in [0.2, 0.25) is 0 Å². The lowest BCUT2D eigenvalue weighted by molar-refractivity contribution is 0.0949. The molecule has 0 saturated heterocycles. The Morgan fingerprint density at radius 1 is 0.852 bits per heavy atom. The molecule has 0 radical (unpaired) electrons. The van der Waals surface area contributed by atoms with Crippen molar-refractivity contribution in [1.82, 2.24) is 5.32 Å². The number of ether oxygens (including phenoxy) is 1. The van der Waals surface area contributed by atoms with E-state index in [0.29, 0.717) is 29.1 Å². The van der Waals surface area contributed by atoms with Crippen LogP contribution < -0.4 is 15.4 Å². The molecule has 0 atom stereocenters. The highest BCUT2D eigenvalue weighted by Crippen LogP contribution is 2.19. The molecular weight excluding hydrogens is 340 g/mol. The minimum absolute atomic E-state index is 0.202. The molecule has 5 nitrogen and oxygen atoms in total. The number of nitrogens with one attached hydrogen (secondary N) is 2. The first-order chi connectivity index (χ1) is 13.2. The van der Waals surface area contributed by atoms with Crippen LogP contribution in [0.2, 0.25) is 0 Å². The monoisotopic (exact) mass is 360 g/mol. The molecule has 0 saturated carbocycles. The Labute approximate surface area is 158 Å². The van der Waals surface area contributed by atoms with Crippen molar-refractivity contribution in [2.45, 2.75) is 6.54 Å². The lowest BCUT2D eigenvalue weighted by atomic mass is 10.1. The lowest BCUT2D eigenvalue weighted by Gasteiger charge is -2.10. The summed E-state index contributed by atoms with van der Waals surface area (Å²) in [5.74, 6) is -0.00621. The van der Waals surface area contributed by atoms with E-state index in [2.05, 4.69) is 10.6 Å². The van der Waals surface area contributed by atoms with E-state index in [1.165, 1.54) is 7.11 Å². The molecule has 3 aromatic carbocycles. The van der Waals surface area contributed by atoms with E-state index in [1.54, 1.807) is 48.5 Å². The second-order valence-electron chi connectivity index (χ2n) is 5.90. The average Bonchev–Trinajstić information content (AvgIpc) is 2.73. The third kappa shape index (κ3) is 4.73. The number of carbonyl (C=O) groups is 2. The summed E-state index contributed by atoms with van der Waals surface area (Å²) in [6, 6.07) is 23.5.